The number of hydrogen-bond donors (Lipinski definition) is 1. The minimum absolute atomic E-state index is 0.0815. The molecule has 1 aliphatic rings. The molecule has 5 heteroatoms. The van der Waals surface area contributed by atoms with Crippen LogP contribution in [-0.2, 0) is 0 Å². The van der Waals surface area contributed by atoms with Gasteiger partial charge in [-0.15, -0.1) is 0 Å². The molecule has 1 aliphatic heterocycles. The van der Waals surface area contributed by atoms with Gasteiger partial charge in [0.1, 0.15) is 5.75 Å². The number of rotatable bonds is 3. The van der Waals surface area contributed by atoms with Crippen molar-refractivity contribution in [3.8, 4) is 5.75 Å². The van der Waals surface area contributed by atoms with Crippen molar-refractivity contribution in [2.45, 2.75) is 25.8 Å². The molecule has 126 valence electrons. The van der Waals surface area contributed by atoms with Gasteiger partial charge < -0.3 is 15.0 Å². The number of hydrogen-bond acceptors (Lipinski definition) is 2. The van der Waals surface area contributed by atoms with Crippen LogP contribution in [0, 0.1) is 6.92 Å². The van der Waals surface area contributed by atoms with Crippen molar-refractivity contribution >= 4 is 23.3 Å². The second kappa shape index (κ2) is 7.14. The number of likely N-dealkylation sites (tertiary alicyclic amines) is 1. The number of nitrogens with zero attached hydrogens (tertiary/aromatic N) is 1. The second-order valence-corrected chi connectivity index (χ2v) is 6.47. The van der Waals surface area contributed by atoms with Crippen LogP contribution in [-0.4, -0.2) is 24.6 Å². The molecule has 4 nitrogen and oxygen atoms in total. The zero-order valence-electron chi connectivity index (χ0n) is 13.9. The van der Waals surface area contributed by atoms with E-state index in [0.717, 1.165) is 30.5 Å². The van der Waals surface area contributed by atoms with Crippen molar-refractivity contribution < 1.29 is 9.53 Å². The summed E-state index contributed by atoms with van der Waals surface area (Å²) in [4.78, 5) is 14.7. The molecule has 2 aromatic rings. The molecular weight excluding hydrogens is 324 g/mol. The monoisotopic (exact) mass is 344 g/mol. The molecular formula is C19H21ClN2O2. The molecule has 1 N–H and O–H groups in total. The first kappa shape index (κ1) is 16.7. The normalized spacial score (nSPS) is 17.0. The van der Waals surface area contributed by atoms with E-state index in [-0.39, 0.29) is 12.1 Å². The number of urea groups is 1. The molecule has 0 radical (unpaired) electrons. The summed E-state index contributed by atoms with van der Waals surface area (Å²) in [6.45, 7) is 2.73. The van der Waals surface area contributed by atoms with E-state index in [1.807, 2.05) is 54.3 Å². The number of benzene rings is 2. The Bertz CT molecular complexity index is 731. The van der Waals surface area contributed by atoms with E-state index in [1.54, 1.807) is 7.11 Å². The van der Waals surface area contributed by atoms with Crippen LogP contribution in [0.2, 0.25) is 5.02 Å². The summed E-state index contributed by atoms with van der Waals surface area (Å²) in [6.07, 6.45) is 1.95. The predicted molar refractivity (Wildman–Crippen MR) is 96.9 cm³/mol. The molecule has 2 amide bonds. The van der Waals surface area contributed by atoms with Gasteiger partial charge in [0.15, 0.2) is 0 Å². The maximum Gasteiger partial charge on any atom is 0.322 e. The van der Waals surface area contributed by atoms with E-state index < -0.39 is 0 Å². The lowest BCUT2D eigenvalue weighted by Crippen LogP contribution is -2.34. The smallest absolute Gasteiger partial charge is 0.322 e. The SMILES string of the molecule is COc1ccc(C)cc1NC(=O)N1CCC[C@@H]1c1ccc(Cl)cc1. The number of amides is 2. The zero-order chi connectivity index (χ0) is 17.1. The van der Waals surface area contributed by atoms with E-state index in [2.05, 4.69) is 5.32 Å². The van der Waals surface area contributed by atoms with Crippen LogP contribution in [0.5, 0.6) is 5.75 Å². The lowest BCUT2D eigenvalue weighted by molar-refractivity contribution is 0.207. The van der Waals surface area contributed by atoms with E-state index in [0.29, 0.717) is 16.5 Å². The van der Waals surface area contributed by atoms with E-state index in [4.69, 9.17) is 16.3 Å². The summed E-state index contributed by atoms with van der Waals surface area (Å²) >= 11 is 5.97. The topological polar surface area (TPSA) is 41.6 Å². The van der Waals surface area contributed by atoms with Crippen LogP contribution in [0.25, 0.3) is 0 Å². The highest BCUT2D eigenvalue weighted by atomic mass is 35.5. The predicted octanol–water partition coefficient (Wildman–Crippen LogP) is 5.03. The summed E-state index contributed by atoms with van der Waals surface area (Å²) in [5.74, 6) is 0.663. The third-order valence-electron chi connectivity index (χ3n) is 4.37. The van der Waals surface area contributed by atoms with Gasteiger partial charge in [0, 0.05) is 11.6 Å². The van der Waals surface area contributed by atoms with Crippen molar-refractivity contribution in [2.24, 2.45) is 0 Å². The Kier molecular flexibility index (Phi) is 4.95. The average molecular weight is 345 g/mol. The summed E-state index contributed by atoms with van der Waals surface area (Å²) in [6, 6.07) is 13.5. The van der Waals surface area contributed by atoms with Gasteiger partial charge in [-0.3, -0.25) is 0 Å². The zero-order valence-corrected chi connectivity index (χ0v) is 14.6. The number of nitrogens with one attached hydrogen (secondary N) is 1. The molecule has 1 fully saturated rings. The van der Waals surface area contributed by atoms with Crippen LogP contribution in [0.3, 0.4) is 0 Å². The van der Waals surface area contributed by atoms with Crippen LogP contribution in [0.1, 0.15) is 30.0 Å². The summed E-state index contributed by atoms with van der Waals surface area (Å²) < 4.78 is 5.34. The van der Waals surface area contributed by atoms with Gasteiger partial charge in [0.2, 0.25) is 0 Å². The van der Waals surface area contributed by atoms with Crippen LogP contribution in [0.15, 0.2) is 42.5 Å². The van der Waals surface area contributed by atoms with Gasteiger partial charge in [0.05, 0.1) is 18.8 Å². The van der Waals surface area contributed by atoms with Gasteiger partial charge >= 0.3 is 6.03 Å². The molecule has 2 aromatic carbocycles. The Morgan fingerprint density at radius 3 is 2.71 bits per heavy atom. The fourth-order valence-corrected chi connectivity index (χ4v) is 3.27. The van der Waals surface area contributed by atoms with Crippen LogP contribution < -0.4 is 10.1 Å². The third-order valence-corrected chi connectivity index (χ3v) is 4.62. The Balaban J connectivity index is 1.79. The molecule has 3 rings (SSSR count). The molecule has 1 saturated heterocycles. The summed E-state index contributed by atoms with van der Waals surface area (Å²) in [7, 11) is 1.60. The number of anilines is 1. The number of carbonyl (C=O) groups is 1. The van der Waals surface area contributed by atoms with Crippen molar-refractivity contribution in [3.05, 3.63) is 58.6 Å². The highest BCUT2D eigenvalue weighted by Gasteiger charge is 2.30. The van der Waals surface area contributed by atoms with Gasteiger partial charge in [-0.25, -0.2) is 4.79 Å². The second-order valence-electron chi connectivity index (χ2n) is 6.04. The van der Waals surface area contributed by atoms with Crippen molar-refractivity contribution in [1.82, 2.24) is 4.90 Å². The highest BCUT2D eigenvalue weighted by molar-refractivity contribution is 6.30. The Labute approximate surface area is 147 Å². The number of carbonyl (C=O) groups excluding carboxylic acids is 1. The molecule has 0 unspecified atom stereocenters. The van der Waals surface area contributed by atoms with Gasteiger partial charge in [-0.1, -0.05) is 29.8 Å². The van der Waals surface area contributed by atoms with E-state index in [1.165, 1.54) is 0 Å². The first-order chi connectivity index (χ1) is 11.6. The molecule has 1 heterocycles. The molecule has 0 bridgehead atoms. The third kappa shape index (κ3) is 3.49. The average Bonchev–Trinajstić information content (AvgIpc) is 3.05. The van der Waals surface area contributed by atoms with E-state index >= 15 is 0 Å². The minimum Gasteiger partial charge on any atom is -0.495 e. The Morgan fingerprint density at radius 1 is 1.25 bits per heavy atom. The lowest BCUT2D eigenvalue weighted by atomic mass is 10.1. The Morgan fingerprint density at radius 2 is 2.00 bits per heavy atom. The van der Waals surface area contributed by atoms with Crippen molar-refractivity contribution in [3.63, 3.8) is 0 Å². The van der Waals surface area contributed by atoms with E-state index in [9.17, 15) is 4.79 Å². The highest BCUT2D eigenvalue weighted by Crippen LogP contribution is 2.34. The van der Waals surface area contributed by atoms with Crippen molar-refractivity contribution in [1.29, 1.82) is 0 Å². The summed E-state index contributed by atoms with van der Waals surface area (Å²) in [5, 5.41) is 3.70. The number of ether oxygens (including phenoxy) is 1. The molecule has 1 atom stereocenters. The van der Waals surface area contributed by atoms with Gasteiger partial charge in [-0.2, -0.15) is 0 Å². The maximum absolute atomic E-state index is 12.8. The molecule has 0 aliphatic carbocycles. The number of methoxy groups -OCH3 is 1. The number of halogens is 1. The largest absolute Gasteiger partial charge is 0.495 e. The molecule has 0 saturated carbocycles. The summed E-state index contributed by atoms with van der Waals surface area (Å²) in [5.41, 5.74) is 2.88. The fourth-order valence-electron chi connectivity index (χ4n) is 3.15. The standard InChI is InChI=1S/C19H21ClN2O2/c1-13-5-10-18(24-2)16(12-13)21-19(23)22-11-3-4-17(22)14-6-8-15(20)9-7-14/h5-10,12,17H,3-4,11H2,1-2H3,(H,21,23)/t17-/m1/s1. The quantitative estimate of drug-likeness (QED) is 0.848. The first-order valence-electron chi connectivity index (χ1n) is 8.06. The fraction of sp³-hybridized carbons (Fsp3) is 0.316. The molecule has 0 aromatic heterocycles. The Hall–Kier alpha value is -2.20. The lowest BCUT2D eigenvalue weighted by Gasteiger charge is -2.26. The minimum atomic E-state index is -0.101. The number of aryl methyl sites for hydroxylation is 1. The van der Waals surface area contributed by atoms with Gasteiger partial charge in [0.25, 0.3) is 0 Å². The van der Waals surface area contributed by atoms with Crippen LogP contribution >= 0.6 is 11.6 Å². The molecule has 0 spiro atoms. The molecule has 24 heavy (non-hydrogen) atoms. The van der Waals surface area contributed by atoms with Crippen LogP contribution in [0.4, 0.5) is 10.5 Å². The first-order valence-corrected chi connectivity index (χ1v) is 8.44. The maximum atomic E-state index is 12.8. The van der Waals surface area contributed by atoms with Gasteiger partial charge in [-0.05, 0) is 55.2 Å². The van der Waals surface area contributed by atoms with Crippen molar-refractivity contribution in [2.75, 3.05) is 19.0 Å².